The van der Waals surface area contributed by atoms with Crippen LogP contribution in [0.2, 0.25) is 0 Å². The lowest BCUT2D eigenvalue weighted by Gasteiger charge is -2.32. The highest BCUT2D eigenvalue weighted by molar-refractivity contribution is 5.91. The molecule has 2 N–H and O–H groups in total. The monoisotopic (exact) mass is 458 g/mol. The Morgan fingerprint density at radius 3 is 2.70 bits per heavy atom. The van der Waals surface area contributed by atoms with Crippen LogP contribution in [0.15, 0.2) is 15.7 Å². The van der Waals surface area contributed by atoms with E-state index in [-0.39, 0.29) is 34.8 Å². The van der Waals surface area contributed by atoms with Crippen molar-refractivity contribution in [3.05, 3.63) is 32.7 Å². The molecule has 2 aliphatic rings. The second kappa shape index (κ2) is 9.06. The van der Waals surface area contributed by atoms with Crippen LogP contribution in [0.25, 0.3) is 10.9 Å². The molecule has 0 spiro atoms. The number of methoxy groups -OCH3 is 1. The molecule has 0 radical (unpaired) electrons. The van der Waals surface area contributed by atoms with Crippen molar-refractivity contribution in [1.29, 1.82) is 5.26 Å². The number of nitrogen functional groups attached to an aromatic ring is 1. The fourth-order valence-electron chi connectivity index (χ4n) is 5.12. The number of rotatable bonds is 8. The highest BCUT2D eigenvalue weighted by Crippen LogP contribution is 2.43. The van der Waals surface area contributed by atoms with Gasteiger partial charge in [-0.25, -0.2) is 9.18 Å². The maximum atomic E-state index is 15.5. The van der Waals surface area contributed by atoms with Crippen LogP contribution in [0.5, 0.6) is 5.75 Å². The van der Waals surface area contributed by atoms with E-state index in [4.69, 9.17) is 15.8 Å². The quantitative estimate of drug-likeness (QED) is 0.601. The first kappa shape index (κ1) is 23.1. The Bertz CT molecular complexity index is 1210. The molecule has 10 heteroatoms. The number of fused-ring (bicyclic) bond motifs is 1. The minimum absolute atomic E-state index is 0.0416. The summed E-state index contributed by atoms with van der Waals surface area (Å²) in [5.41, 5.74) is -0.758. The summed E-state index contributed by atoms with van der Waals surface area (Å²) in [6.07, 6.45) is 2.92. The molecule has 2 fully saturated rings. The van der Waals surface area contributed by atoms with E-state index in [1.54, 1.807) is 0 Å². The molecule has 1 aliphatic carbocycles. The van der Waals surface area contributed by atoms with E-state index in [2.05, 4.69) is 24.8 Å². The molecule has 9 nitrogen and oxygen atoms in total. The molecule has 178 valence electrons. The summed E-state index contributed by atoms with van der Waals surface area (Å²) in [4.78, 5) is 29.7. The number of ether oxygens (including phenoxy) is 1. The van der Waals surface area contributed by atoms with Crippen molar-refractivity contribution in [1.82, 2.24) is 14.1 Å². The first-order chi connectivity index (χ1) is 15.8. The molecule has 0 amide bonds. The first-order valence-corrected chi connectivity index (χ1v) is 11.5. The molecule has 1 saturated heterocycles. The second-order valence-corrected chi connectivity index (χ2v) is 8.97. The smallest absolute Gasteiger partial charge is 0.350 e. The Kier molecular flexibility index (Phi) is 6.34. The lowest BCUT2D eigenvalue weighted by Crippen LogP contribution is -2.44. The lowest BCUT2D eigenvalue weighted by atomic mass is 9.99. The van der Waals surface area contributed by atoms with Crippen LogP contribution in [0.1, 0.15) is 45.6 Å². The second-order valence-electron chi connectivity index (χ2n) is 8.97. The van der Waals surface area contributed by atoms with Crippen LogP contribution in [0.3, 0.4) is 0 Å². The molecule has 1 saturated carbocycles. The van der Waals surface area contributed by atoms with Gasteiger partial charge in [0.2, 0.25) is 0 Å². The zero-order valence-corrected chi connectivity index (χ0v) is 19.4. The number of benzene rings is 1. The van der Waals surface area contributed by atoms with Gasteiger partial charge in [-0.2, -0.15) is 9.94 Å². The molecule has 1 aromatic carbocycles. The third-order valence-corrected chi connectivity index (χ3v) is 7.12. The number of anilines is 1. The van der Waals surface area contributed by atoms with Crippen molar-refractivity contribution in [2.75, 3.05) is 44.0 Å². The molecule has 2 atom stereocenters. The average Bonchev–Trinajstić information content (AvgIpc) is 3.53. The van der Waals surface area contributed by atoms with Gasteiger partial charge in [0.05, 0.1) is 18.6 Å². The largest absolute Gasteiger partial charge is 0.492 e. The maximum absolute atomic E-state index is 15.5. The molecule has 1 aromatic heterocycles. The average molecular weight is 459 g/mol. The van der Waals surface area contributed by atoms with E-state index >= 15 is 4.39 Å². The van der Waals surface area contributed by atoms with E-state index in [9.17, 15) is 9.59 Å². The van der Waals surface area contributed by atoms with Gasteiger partial charge in [-0.3, -0.25) is 14.3 Å². The van der Waals surface area contributed by atoms with Gasteiger partial charge < -0.3 is 15.5 Å². The number of halogens is 1. The highest BCUT2D eigenvalue weighted by atomic mass is 19.1. The number of nitriles is 1. The summed E-state index contributed by atoms with van der Waals surface area (Å²) in [5.74, 6) is 5.64. The summed E-state index contributed by atoms with van der Waals surface area (Å²) < 4.78 is 23.1. The Morgan fingerprint density at radius 1 is 1.36 bits per heavy atom. The third kappa shape index (κ3) is 3.95. The minimum atomic E-state index is -0.736. The van der Waals surface area contributed by atoms with Crippen LogP contribution in [0.4, 0.5) is 10.1 Å². The molecule has 0 bridgehead atoms. The van der Waals surface area contributed by atoms with Crippen molar-refractivity contribution in [2.45, 2.75) is 51.6 Å². The topological polar surface area (TPSA) is 110 Å². The summed E-state index contributed by atoms with van der Waals surface area (Å²) in [6, 6.07) is 3.54. The minimum Gasteiger partial charge on any atom is -0.492 e. The predicted octanol–water partition coefficient (Wildman–Crippen LogP) is 1.81. The zero-order valence-electron chi connectivity index (χ0n) is 19.4. The van der Waals surface area contributed by atoms with E-state index in [1.165, 1.54) is 17.7 Å². The number of hydrogen-bond donors (Lipinski definition) is 1. The Balaban J connectivity index is 1.76. The SMILES string of the molecule is CCN(CCC#N)C(C)C1CCN(c2c(F)cc3c(=O)n(N)c(=O)n(C4CC4)c3c2OC)C1. The van der Waals surface area contributed by atoms with Crippen LogP contribution in [0, 0.1) is 23.1 Å². The van der Waals surface area contributed by atoms with Gasteiger partial charge in [0, 0.05) is 38.1 Å². The predicted molar refractivity (Wildman–Crippen MR) is 125 cm³/mol. The maximum Gasteiger partial charge on any atom is 0.350 e. The molecule has 33 heavy (non-hydrogen) atoms. The van der Waals surface area contributed by atoms with Gasteiger partial charge >= 0.3 is 5.69 Å². The number of hydrogen-bond acceptors (Lipinski definition) is 7. The van der Waals surface area contributed by atoms with Crippen molar-refractivity contribution in [2.24, 2.45) is 5.92 Å². The number of nitrogens with zero attached hydrogens (tertiary/aromatic N) is 5. The standard InChI is InChI=1S/C23H31FN6O3/c1-4-27(10-5-9-25)14(2)15-8-11-28(13-15)20-18(24)12-17-19(21(20)33-3)29(16-6-7-16)23(32)30(26)22(17)31/h12,14-16H,4-8,10-11,13,26H2,1-3H3. The van der Waals surface area contributed by atoms with Crippen molar-refractivity contribution in [3.63, 3.8) is 0 Å². The normalized spacial score (nSPS) is 19.3. The molecule has 2 heterocycles. The van der Waals surface area contributed by atoms with Gasteiger partial charge in [0.1, 0.15) is 11.2 Å². The van der Waals surface area contributed by atoms with Crippen molar-refractivity contribution >= 4 is 16.6 Å². The third-order valence-electron chi connectivity index (χ3n) is 7.12. The van der Waals surface area contributed by atoms with Crippen molar-refractivity contribution in [3.8, 4) is 11.8 Å². The fraction of sp³-hybridized carbons (Fsp3) is 0.609. The number of nitrogens with two attached hydrogens (primary N) is 1. The van der Waals surface area contributed by atoms with E-state index in [1.807, 2.05) is 4.90 Å². The van der Waals surface area contributed by atoms with Crippen molar-refractivity contribution < 1.29 is 9.13 Å². The fourth-order valence-corrected chi connectivity index (χ4v) is 5.12. The molecular formula is C23H31FN6O3. The molecule has 2 aromatic rings. The lowest BCUT2D eigenvalue weighted by molar-refractivity contribution is 0.173. The van der Waals surface area contributed by atoms with Gasteiger partial charge in [-0.1, -0.05) is 6.92 Å². The Morgan fingerprint density at radius 2 is 2.09 bits per heavy atom. The van der Waals surface area contributed by atoms with Gasteiger partial charge in [-0.05, 0) is 44.7 Å². The Labute approximate surface area is 191 Å². The van der Waals surface area contributed by atoms with Crippen LogP contribution in [-0.4, -0.2) is 53.5 Å². The molecule has 2 unspecified atom stereocenters. The van der Waals surface area contributed by atoms with E-state index in [0.717, 1.165) is 25.8 Å². The zero-order chi connectivity index (χ0) is 23.9. The van der Waals surface area contributed by atoms with Gasteiger partial charge in [0.15, 0.2) is 11.6 Å². The van der Waals surface area contributed by atoms with E-state index in [0.29, 0.717) is 36.2 Å². The molecule has 1 aliphatic heterocycles. The first-order valence-electron chi connectivity index (χ1n) is 11.5. The molecule has 4 rings (SSSR count). The molecular weight excluding hydrogens is 427 g/mol. The summed E-state index contributed by atoms with van der Waals surface area (Å²) in [6.45, 7) is 7.02. The number of aromatic nitrogens is 2. The van der Waals surface area contributed by atoms with Crippen LogP contribution in [-0.2, 0) is 0 Å². The summed E-state index contributed by atoms with van der Waals surface area (Å²) >= 11 is 0. The van der Waals surface area contributed by atoms with Crippen LogP contribution < -0.4 is 26.7 Å². The van der Waals surface area contributed by atoms with Gasteiger partial charge in [-0.15, -0.1) is 0 Å². The van der Waals surface area contributed by atoms with E-state index < -0.39 is 17.1 Å². The Hall–Kier alpha value is -3.06. The summed E-state index contributed by atoms with van der Waals surface area (Å²) in [5, 5.41) is 8.99. The van der Waals surface area contributed by atoms with Crippen LogP contribution >= 0.6 is 0 Å². The summed E-state index contributed by atoms with van der Waals surface area (Å²) in [7, 11) is 1.43. The van der Waals surface area contributed by atoms with Gasteiger partial charge in [0.25, 0.3) is 5.56 Å². The highest BCUT2D eigenvalue weighted by Gasteiger charge is 2.35.